The number of nitrogens with two attached hydrogens (primary N) is 1. The van der Waals surface area contributed by atoms with Crippen LogP contribution in [0.4, 0.5) is 0 Å². The van der Waals surface area contributed by atoms with E-state index in [2.05, 4.69) is 46.3 Å². The highest BCUT2D eigenvalue weighted by atomic mass is 15.2. The lowest BCUT2D eigenvalue weighted by Crippen LogP contribution is -2.27. The topological polar surface area (TPSA) is 38.0 Å². The normalized spacial score (nSPS) is 13.6. The molecule has 0 radical (unpaired) electrons. The second-order valence-electron chi connectivity index (χ2n) is 4.44. The minimum atomic E-state index is 0.152. The molecule has 0 amide bonds. The van der Waals surface area contributed by atoms with Crippen molar-refractivity contribution in [2.75, 3.05) is 0 Å². The molecule has 2 heteroatoms. The summed E-state index contributed by atoms with van der Waals surface area (Å²) in [6.45, 7) is 16.4. The Labute approximate surface area is 81.9 Å². The van der Waals surface area contributed by atoms with Crippen molar-refractivity contribution in [1.29, 1.82) is 0 Å². The highest BCUT2D eigenvalue weighted by Crippen LogP contribution is 2.33. The largest absolute Gasteiger partial charge is 0.329 e. The average molecular weight is 182 g/mol. The summed E-state index contributed by atoms with van der Waals surface area (Å²) in [5.41, 5.74) is 4.84. The first-order valence-electron chi connectivity index (χ1n) is 4.62. The van der Waals surface area contributed by atoms with E-state index in [1.54, 1.807) is 0 Å². The van der Waals surface area contributed by atoms with Gasteiger partial charge in [-0.15, -0.1) is 0 Å². The zero-order chi connectivity index (χ0) is 10.6. The summed E-state index contributed by atoms with van der Waals surface area (Å²) in [4.78, 5) is 0. The van der Waals surface area contributed by atoms with E-state index in [-0.39, 0.29) is 5.41 Å². The van der Waals surface area contributed by atoms with Gasteiger partial charge in [-0.1, -0.05) is 39.5 Å². The SMILES string of the molecule is C=C(NN)C(C)CC(C)(C)C(=C)C. The fourth-order valence-corrected chi connectivity index (χ4v) is 1.21. The molecule has 0 heterocycles. The summed E-state index contributed by atoms with van der Waals surface area (Å²) < 4.78 is 0. The molecular weight excluding hydrogens is 160 g/mol. The van der Waals surface area contributed by atoms with Gasteiger partial charge in [-0.25, -0.2) is 0 Å². The molecule has 0 spiro atoms. The quantitative estimate of drug-likeness (QED) is 0.389. The van der Waals surface area contributed by atoms with Gasteiger partial charge in [-0.2, -0.15) is 0 Å². The van der Waals surface area contributed by atoms with Crippen LogP contribution in [0.25, 0.3) is 0 Å². The van der Waals surface area contributed by atoms with Crippen LogP contribution >= 0.6 is 0 Å². The van der Waals surface area contributed by atoms with Gasteiger partial charge in [0.25, 0.3) is 0 Å². The van der Waals surface area contributed by atoms with E-state index in [4.69, 9.17) is 5.84 Å². The first-order chi connectivity index (χ1) is 5.81. The predicted molar refractivity (Wildman–Crippen MR) is 58.8 cm³/mol. The van der Waals surface area contributed by atoms with E-state index >= 15 is 0 Å². The summed E-state index contributed by atoms with van der Waals surface area (Å²) in [6.07, 6.45) is 1.02. The third-order valence-electron chi connectivity index (χ3n) is 2.75. The number of hydrazine groups is 1. The van der Waals surface area contributed by atoms with Crippen LogP contribution < -0.4 is 11.3 Å². The third-order valence-corrected chi connectivity index (χ3v) is 2.75. The highest BCUT2D eigenvalue weighted by Gasteiger charge is 2.22. The molecule has 1 atom stereocenters. The summed E-state index contributed by atoms with van der Waals surface area (Å²) >= 11 is 0. The lowest BCUT2D eigenvalue weighted by molar-refractivity contribution is 0.348. The van der Waals surface area contributed by atoms with Crippen LogP contribution in [0.1, 0.15) is 34.1 Å². The van der Waals surface area contributed by atoms with Gasteiger partial charge in [0, 0.05) is 5.70 Å². The minimum absolute atomic E-state index is 0.152. The van der Waals surface area contributed by atoms with Crippen LogP contribution in [-0.4, -0.2) is 0 Å². The molecule has 0 aromatic heterocycles. The predicted octanol–water partition coefficient (Wildman–Crippen LogP) is 2.59. The van der Waals surface area contributed by atoms with E-state index in [1.165, 1.54) is 5.57 Å². The van der Waals surface area contributed by atoms with Crippen LogP contribution in [0.2, 0.25) is 0 Å². The lowest BCUT2D eigenvalue weighted by atomic mass is 9.78. The molecule has 0 aromatic carbocycles. The Hall–Kier alpha value is -0.760. The molecule has 0 saturated carbocycles. The van der Waals surface area contributed by atoms with Crippen molar-refractivity contribution in [3.05, 3.63) is 24.4 Å². The van der Waals surface area contributed by atoms with Crippen molar-refractivity contribution in [3.8, 4) is 0 Å². The maximum atomic E-state index is 5.30. The van der Waals surface area contributed by atoms with Crippen LogP contribution in [0, 0.1) is 11.3 Å². The fourth-order valence-electron chi connectivity index (χ4n) is 1.21. The summed E-state index contributed by atoms with van der Waals surface area (Å²) in [5.74, 6) is 5.67. The molecule has 0 aliphatic rings. The fraction of sp³-hybridized carbons (Fsp3) is 0.636. The Bertz CT molecular complexity index is 204. The number of allylic oxidation sites excluding steroid dienone is 2. The first-order valence-corrected chi connectivity index (χ1v) is 4.62. The Balaban J connectivity index is 4.27. The summed E-state index contributed by atoms with van der Waals surface area (Å²) in [5, 5.41) is 0. The Morgan fingerprint density at radius 1 is 1.46 bits per heavy atom. The Kier molecular flexibility index (Phi) is 4.21. The number of hydrogen-bond donors (Lipinski definition) is 2. The maximum absolute atomic E-state index is 5.30. The van der Waals surface area contributed by atoms with Crippen molar-refractivity contribution < 1.29 is 0 Å². The van der Waals surface area contributed by atoms with Gasteiger partial charge in [0.1, 0.15) is 0 Å². The maximum Gasteiger partial charge on any atom is 0.0216 e. The summed E-state index contributed by atoms with van der Waals surface area (Å²) in [7, 11) is 0. The smallest absolute Gasteiger partial charge is 0.0216 e. The Morgan fingerprint density at radius 2 is 1.92 bits per heavy atom. The van der Waals surface area contributed by atoms with Crippen LogP contribution in [0.3, 0.4) is 0 Å². The van der Waals surface area contributed by atoms with Crippen molar-refractivity contribution in [2.24, 2.45) is 17.2 Å². The van der Waals surface area contributed by atoms with Gasteiger partial charge in [0.15, 0.2) is 0 Å². The van der Waals surface area contributed by atoms with E-state index in [0.717, 1.165) is 12.1 Å². The molecular formula is C11H22N2. The van der Waals surface area contributed by atoms with E-state index in [1.807, 2.05) is 0 Å². The van der Waals surface area contributed by atoms with E-state index < -0.39 is 0 Å². The lowest BCUT2D eigenvalue weighted by Gasteiger charge is -2.29. The molecule has 0 aliphatic heterocycles. The van der Waals surface area contributed by atoms with Gasteiger partial charge >= 0.3 is 0 Å². The van der Waals surface area contributed by atoms with Gasteiger partial charge < -0.3 is 5.43 Å². The van der Waals surface area contributed by atoms with E-state index in [0.29, 0.717) is 5.92 Å². The monoisotopic (exact) mass is 182 g/mol. The average Bonchev–Trinajstić information content (AvgIpc) is 2.01. The third kappa shape index (κ3) is 3.64. The van der Waals surface area contributed by atoms with Crippen molar-refractivity contribution in [1.82, 2.24) is 5.43 Å². The molecule has 0 aliphatic carbocycles. The molecule has 1 unspecified atom stereocenters. The minimum Gasteiger partial charge on any atom is -0.329 e. The van der Waals surface area contributed by atoms with Crippen LogP contribution in [0.15, 0.2) is 24.4 Å². The molecule has 76 valence electrons. The summed E-state index contributed by atoms with van der Waals surface area (Å²) in [6, 6.07) is 0. The zero-order valence-electron chi connectivity index (χ0n) is 9.28. The Morgan fingerprint density at radius 3 is 2.23 bits per heavy atom. The molecule has 0 rings (SSSR count). The zero-order valence-corrected chi connectivity index (χ0v) is 9.28. The van der Waals surface area contributed by atoms with Gasteiger partial charge in [0.2, 0.25) is 0 Å². The van der Waals surface area contributed by atoms with Gasteiger partial charge in [-0.3, -0.25) is 5.84 Å². The van der Waals surface area contributed by atoms with Gasteiger partial charge in [-0.05, 0) is 24.7 Å². The number of nitrogens with one attached hydrogen (secondary N) is 1. The standard InChI is InChI=1S/C11H22N2/c1-8(2)11(5,6)7-9(3)10(4)13-12/h9,13H,1,4,7,12H2,2-3,5-6H3. The molecule has 0 bridgehead atoms. The molecule has 0 aromatic rings. The molecule has 3 N–H and O–H groups in total. The second kappa shape index (κ2) is 4.47. The molecule has 13 heavy (non-hydrogen) atoms. The van der Waals surface area contributed by atoms with E-state index in [9.17, 15) is 0 Å². The molecule has 0 fully saturated rings. The molecule has 2 nitrogen and oxygen atoms in total. The van der Waals surface area contributed by atoms with Crippen LogP contribution in [0.5, 0.6) is 0 Å². The second-order valence-corrected chi connectivity index (χ2v) is 4.44. The van der Waals surface area contributed by atoms with Gasteiger partial charge in [0.05, 0.1) is 0 Å². The molecule has 0 saturated heterocycles. The van der Waals surface area contributed by atoms with Crippen molar-refractivity contribution in [2.45, 2.75) is 34.1 Å². The van der Waals surface area contributed by atoms with Crippen molar-refractivity contribution >= 4 is 0 Å². The van der Waals surface area contributed by atoms with Crippen LogP contribution in [-0.2, 0) is 0 Å². The highest BCUT2D eigenvalue weighted by molar-refractivity contribution is 5.06. The van der Waals surface area contributed by atoms with Crippen molar-refractivity contribution in [3.63, 3.8) is 0 Å². The number of hydrogen-bond acceptors (Lipinski definition) is 2. The first kappa shape index (κ1) is 12.2. The number of rotatable bonds is 5.